The van der Waals surface area contributed by atoms with Crippen LogP contribution in [0.2, 0.25) is 0 Å². The van der Waals surface area contributed by atoms with E-state index in [0.29, 0.717) is 4.47 Å². The fourth-order valence-corrected chi connectivity index (χ4v) is 1.82. The lowest BCUT2D eigenvalue weighted by Crippen LogP contribution is -2.21. The highest BCUT2D eigenvalue weighted by Gasteiger charge is 2.12. The predicted molar refractivity (Wildman–Crippen MR) is 65.0 cm³/mol. The number of hydrogen-bond donors (Lipinski definition) is 0. The molecule has 0 amide bonds. The Kier molecular flexibility index (Phi) is 4.91. The van der Waals surface area contributed by atoms with Crippen molar-refractivity contribution in [3.8, 4) is 5.75 Å². The molecular formula is C10H12BrFO4S. The Bertz CT molecular complexity index is 489. The average Bonchev–Trinajstić information content (AvgIpc) is 2.20. The van der Waals surface area contributed by atoms with E-state index in [4.69, 9.17) is 4.74 Å². The normalized spacial score (nSPS) is 13.4. The minimum absolute atomic E-state index is 0.0453. The minimum Gasteiger partial charge on any atom is -0.485 e. The van der Waals surface area contributed by atoms with Crippen LogP contribution in [0.5, 0.6) is 5.75 Å². The number of rotatable bonds is 5. The molecule has 0 saturated carbocycles. The Balaban J connectivity index is 2.62. The van der Waals surface area contributed by atoms with Crippen molar-refractivity contribution in [1.82, 2.24) is 0 Å². The topological polar surface area (TPSA) is 52.6 Å². The Morgan fingerprint density at radius 1 is 1.47 bits per heavy atom. The van der Waals surface area contributed by atoms with Crippen LogP contribution < -0.4 is 4.74 Å². The van der Waals surface area contributed by atoms with Crippen LogP contribution >= 0.6 is 15.9 Å². The Morgan fingerprint density at radius 2 is 2.12 bits per heavy atom. The molecule has 17 heavy (non-hydrogen) atoms. The van der Waals surface area contributed by atoms with E-state index in [0.717, 1.165) is 6.26 Å². The number of halogens is 2. The summed E-state index contributed by atoms with van der Waals surface area (Å²) in [5.41, 5.74) is 0. The number of hydrogen-bond acceptors (Lipinski definition) is 4. The van der Waals surface area contributed by atoms with Crippen LogP contribution in [0.3, 0.4) is 0 Å². The largest absolute Gasteiger partial charge is 0.485 e. The van der Waals surface area contributed by atoms with Crippen LogP contribution in [0.15, 0.2) is 22.7 Å². The molecule has 1 aromatic carbocycles. The SMILES string of the molecule is C[C@@H](COS(C)(=O)=O)Oc1cc(Br)ccc1F. The molecule has 1 aromatic rings. The third-order valence-corrected chi connectivity index (χ3v) is 2.80. The van der Waals surface area contributed by atoms with Gasteiger partial charge in [0.15, 0.2) is 11.6 Å². The molecule has 1 rings (SSSR count). The van der Waals surface area contributed by atoms with E-state index in [-0.39, 0.29) is 12.4 Å². The van der Waals surface area contributed by atoms with Crippen LogP contribution in [-0.4, -0.2) is 27.4 Å². The summed E-state index contributed by atoms with van der Waals surface area (Å²) in [7, 11) is -3.51. The van der Waals surface area contributed by atoms with Gasteiger partial charge in [0.05, 0.1) is 6.26 Å². The molecule has 0 aliphatic carbocycles. The second kappa shape index (κ2) is 5.79. The van der Waals surface area contributed by atoms with Gasteiger partial charge in [-0.25, -0.2) is 4.39 Å². The van der Waals surface area contributed by atoms with Gasteiger partial charge in [-0.05, 0) is 25.1 Å². The minimum atomic E-state index is -3.51. The van der Waals surface area contributed by atoms with Crippen LogP contribution in [0.1, 0.15) is 6.92 Å². The number of ether oxygens (including phenoxy) is 1. The lowest BCUT2D eigenvalue weighted by molar-refractivity contribution is 0.142. The van der Waals surface area contributed by atoms with Gasteiger partial charge in [0.2, 0.25) is 0 Å². The summed E-state index contributed by atoms with van der Waals surface area (Å²) < 4.78 is 45.2. The van der Waals surface area contributed by atoms with Gasteiger partial charge in [0.25, 0.3) is 10.1 Å². The van der Waals surface area contributed by atoms with Gasteiger partial charge in [-0.3, -0.25) is 4.18 Å². The van der Waals surface area contributed by atoms with Crippen LogP contribution in [0, 0.1) is 5.82 Å². The van der Waals surface area contributed by atoms with Crippen molar-refractivity contribution in [2.75, 3.05) is 12.9 Å². The fraction of sp³-hybridized carbons (Fsp3) is 0.400. The molecule has 0 aliphatic rings. The zero-order valence-electron chi connectivity index (χ0n) is 9.31. The van der Waals surface area contributed by atoms with E-state index < -0.39 is 22.0 Å². The summed E-state index contributed by atoms with van der Waals surface area (Å²) in [6.07, 6.45) is 0.368. The highest BCUT2D eigenvalue weighted by Crippen LogP contribution is 2.23. The van der Waals surface area contributed by atoms with Crippen molar-refractivity contribution in [1.29, 1.82) is 0 Å². The molecule has 4 nitrogen and oxygen atoms in total. The van der Waals surface area contributed by atoms with Gasteiger partial charge < -0.3 is 4.74 Å². The standard InChI is InChI=1S/C10H12BrFO4S/c1-7(6-15-17(2,13)14)16-10-5-8(11)3-4-9(10)12/h3-5,7H,6H2,1-2H3/t7-/m0/s1. The summed E-state index contributed by atoms with van der Waals surface area (Å²) in [5.74, 6) is -0.469. The van der Waals surface area contributed by atoms with Gasteiger partial charge in [-0.15, -0.1) is 0 Å². The Morgan fingerprint density at radius 3 is 2.71 bits per heavy atom. The second-order valence-electron chi connectivity index (χ2n) is 3.49. The zero-order chi connectivity index (χ0) is 13.1. The van der Waals surface area contributed by atoms with E-state index in [1.54, 1.807) is 13.0 Å². The first kappa shape index (κ1) is 14.4. The summed E-state index contributed by atoms with van der Waals surface area (Å²) in [6, 6.07) is 4.26. The highest BCUT2D eigenvalue weighted by molar-refractivity contribution is 9.10. The van der Waals surface area contributed by atoms with Crippen molar-refractivity contribution in [2.24, 2.45) is 0 Å². The molecule has 0 aromatic heterocycles. The molecule has 0 heterocycles. The predicted octanol–water partition coefficient (Wildman–Crippen LogP) is 2.33. The molecule has 0 radical (unpaired) electrons. The van der Waals surface area contributed by atoms with E-state index in [2.05, 4.69) is 20.1 Å². The maximum Gasteiger partial charge on any atom is 0.264 e. The quantitative estimate of drug-likeness (QED) is 0.779. The molecule has 0 unspecified atom stereocenters. The third-order valence-electron chi connectivity index (χ3n) is 1.74. The molecule has 0 bridgehead atoms. The molecule has 7 heteroatoms. The molecule has 0 aliphatic heterocycles. The van der Waals surface area contributed by atoms with E-state index in [9.17, 15) is 12.8 Å². The number of benzene rings is 1. The summed E-state index contributed by atoms with van der Waals surface area (Å²) in [5, 5.41) is 0. The summed E-state index contributed by atoms with van der Waals surface area (Å²) in [4.78, 5) is 0. The maximum atomic E-state index is 13.3. The Hall–Kier alpha value is -0.660. The van der Waals surface area contributed by atoms with Crippen molar-refractivity contribution in [2.45, 2.75) is 13.0 Å². The Labute approximate surface area is 108 Å². The van der Waals surface area contributed by atoms with Crippen LogP contribution in [0.4, 0.5) is 4.39 Å². The van der Waals surface area contributed by atoms with Crippen molar-refractivity contribution < 1.29 is 21.7 Å². The van der Waals surface area contributed by atoms with Gasteiger partial charge in [0.1, 0.15) is 12.7 Å². The van der Waals surface area contributed by atoms with Crippen molar-refractivity contribution in [3.63, 3.8) is 0 Å². The maximum absolute atomic E-state index is 13.3. The molecule has 1 atom stereocenters. The van der Waals surface area contributed by atoms with Crippen molar-refractivity contribution >= 4 is 26.0 Å². The molecule has 0 N–H and O–H groups in total. The van der Waals surface area contributed by atoms with Gasteiger partial charge in [0, 0.05) is 4.47 Å². The average molecular weight is 327 g/mol. The summed E-state index contributed by atoms with van der Waals surface area (Å²) in [6.45, 7) is 1.43. The van der Waals surface area contributed by atoms with Gasteiger partial charge in [-0.2, -0.15) is 8.42 Å². The van der Waals surface area contributed by atoms with Crippen LogP contribution in [-0.2, 0) is 14.3 Å². The molecule has 0 spiro atoms. The van der Waals surface area contributed by atoms with E-state index in [1.165, 1.54) is 12.1 Å². The fourth-order valence-electron chi connectivity index (χ4n) is 1.04. The summed E-state index contributed by atoms with van der Waals surface area (Å²) >= 11 is 3.18. The van der Waals surface area contributed by atoms with Crippen molar-refractivity contribution in [3.05, 3.63) is 28.5 Å². The van der Waals surface area contributed by atoms with Crippen LogP contribution in [0.25, 0.3) is 0 Å². The zero-order valence-corrected chi connectivity index (χ0v) is 11.7. The molecule has 0 fully saturated rings. The first-order valence-electron chi connectivity index (χ1n) is 4.74. The third kappa shape index (κ3) is 5.47. The monoisotopic (exact) mass is 326 g/mol. The lowest BCUT2D eigenvalue weighted by atomic mass is 10.3. The smallest absolute Gasteiger partial charge is 0.264 e. The van der Waals surface area contributed by atoms with E-state index >= 15 is 0 Å². The molecule has 0 saturated heterocycles. The molecular weight excluding hydrogens is 315 g/mol. The molecule has 96 valence electrons. The van der Waals surface area contributed by atoms with E-state index in [1.807, 2.05) is 0 Å². The van der Waals surface area contributed by atoms with Gasteiger partial charge in [-0.1, -0.05) is 15.9 Å². The lowest BCUT2D eigenvalue weighted by Gasteiger charge is -2.14. The highest BCUT2D eigenvalue weighted by atomic mass is 79.9. The first-order valence-corrected chi connectivity index (χ1v) is 7.35. The second-order valence-corrected chi connectivity index (χ2v) is 6.05. The van der Waals surface area contributed by atoms with Gasteiger partial charge >= 0.3 is 0 Å². The first-order chi connectivity index (χ1) is 7.78.